The zero-order valence-electron chi connectivity index (χ0n) is 17.7. The molecule has 0 unspecified atom stereocenters. The highest BCUT2D eigenvalue weighted by Gasteiger charge is 2.23. The molecule has 7 heteroatoms. The Balaban J connectivity index is 1.49. The molecule has 3 rings (SSSR count). The number of benzene rings is 2. The average molecular weight is 412 g/mol. The molecule has 0 aromatic heterocycles. The largest absolute Gasteiger partial charge is 0.493 e. The number of ether oxygens (including phenoxy) is 3. The maximum absolute atomic E-state index is 12.5. The number of piperazine rings is 1. The van der Waals surface area contributed by atoms with Gasteiger partial charge in [-0.25, -0.2) is 4.79 Å². The summed E-state index contributed by atoms with van der Waals surface area (Å²) >= 11 is 0. The normalized spacial score (nSPS) is 14.3. The van der Waals surface area contributed by atoms with Crippen molar-refractivity contribution >= 4 is 11.9 Å². The highest BCUT2D eigenvalue weighted by atomic mass is 16.5. The highest BCUT2D eigenvalue weighted by Crippen LogP contribution is 2.31. The van der Waals surface area contributed by atoms with Gasteiger partial charge in [0.25, 0.3) is 5.91 Å². The van der Waals surface area contributed by atoms with Crippen LogP contribution in [0.3, 0.4) is 0 Å². The van der Waals surface area contributed by atoms with Gasteiger partial charge in [0, 0.05) is 32.7 Å². The van der Waals surface area contributed by atoms with Gasteiger partial charge in [-0.15, -0.1) is 0 Å². The Labute approximate surface area is 177 Å². The molecule has 0 N–H and O–H groups in total. The van der Waals surface area contributed by atoms with E-state index in [-0.39, 0.29) is 18.1 Å². The van der Waals surface area contributed by atoms with Gasteiger partial charge in [0.05, 0.1) is 14.2 Å². The molecule has 1 aliphatic heterocycles. The number of hydrogen-bond acceptors (Lipinski definition) is 6. The molecule has 1 fully saturated rings. The second-order valence-electron chi connectivity index (χ2n) is 7.26. The lowest BCUT2D eigenvalue weighted by atomic mass is 10.1. The molecule has 2 aromatic carbocycles. The number of carbonyl (C=O) groups is 2. The van der Waals surface area contributed by atoms with Crippen molar-refractivity contribution in [3.63, 3.8) is 0 Å². The minimum atomic E-state index is -0.614. The molecular formula is C23H28N2O5. The fourth-order valence-electron chi connectivity index (χ4n) is 3.57. The van der Waals surface area contributed by atoms with Crippen LogP contribution >= 0.6 is 0 Å². The molecule has 1 aliphatic rings. The molecule has 160 valence electrons. The molecule has 0 spiro atoms. The molecule has 0 bridgehead atoms. The standard InChI is InChI=1S/C23H28N2O5/c1-17-6-4-7-18(14-17)15-24-10-12-25(13-11-24)21(26)16-30-23(27)19-8-5-9-20(28-2)22(19)29-3/h4-9,14H,10-13,15-16H2,1-3H3. The number of methoxy groups -OCH3 is 2. The van der Waals surface area contributed by atoms with E-state index in [0.717, 1.165) is 19.6 Å². The second-order valence-corrected chi connectivity index (χ2v) is 7.26. The summed E-state index contributed by atoms with van der Waals surface area (Å²) in [4.78, 5) is 29.0. The van der Waals surface area contributed by atoms with Crippen molar-refractivity contribution in [3.05, 3.63) is 59.2 Å². The Morgan fingerprint density at radius 2 is 1.70 bits per heavy atom. The minimum absolute atomic E-state index is 0.194. The predicted molar refractivity (Wildman–Crippen MR) is 113 cm³/mol. The summed E-state index contributed by atoms with van der Waals surface area (Å²) in [7, 11) is 2.95. The molecule has 7 nitrogen and oxygen atoms in total. The summed E-state index contributed by atoms with van der Waals surface area (Å²) in [5.41, 5.74) is 2.75. The number of amides is 1. The average Bonchev–Trinajstić information content (AvgIpc) is 2.77. The summed E-state index contributed by atoms with van der Waals surface area (Å²) in [5, 5.41) is 0. The van der Waals surface area contributed by atoms with Crippen LogP contribution in [0, 0.1) is 6.92 Å². The first-order chi connectivity index (χ1) is 14.5. The summed E-state index contributed by atoms with van der Waals surface area (Å²) in [6.07, 6.45) is 0. The molecule has 0 aliphatic carbocycles. The Morgan fingerprint density at radius 1 is 0.967 bits per heavy atom. The van der Waals surface area contributed by atoms with Gasteiger partial charge < -0.3 is 19.1 Å². The number of nitrogens with zero attached hydrogens (tertiary/aromatic N) is 2. The number of para-hydroxylation sites is 1. The van der Waals surface area contributed by atoms with Crippen LogP contribution in [0.15, 0.2) is 42.5 Å². The SMILES string of the molecule is COc1cccc(C(=O)OCC(=O)N2CCN(Cc3cccc(C)c3)CC2)c1OC. The van der Waals surface area contributed by atoms with E-state index < -0.39 is 5.97 Å². The van der Waals surface area contributed by atoms with Crippen molar-refractivity contribution < 1.29 is 23.8 Å². The van der Waals surface area contributed by atoms with Crippen molar-refractivity contribution in [3.8, 4) is 11.5 Å². The molecule has 1 saturated heterocycles. The topological polar surface area (TPSA) is 68.3 Å². The van der Waals surface area contributed by atoms with E-state index in [0.29, 0.717) is 24.6 Å². The molecule has 30 heavy (non-hydrogen) atoms. The fourth-order valence-corrected chi connectivity index (χ4v) is 3.57. The first-order valence-corrected chi connectivity index (χ1v) is 9.95. The fraction of sp³-hybridized carbons (Fsp3) is 0.391. The molecule has 0 atom stereocenters. The van der Waals surface area contributed by atoms with Crippen molar-refractivity contribution in [2.75, 3.05) is 47.0 Å². The minimum Gasteiger partial charge on any atom is -0.493 e. The third kappa shape index (κ3) is 5.30. The molecule has 1 amide bonds. The Hall–Kier alpha value is -3.06. The third-order valence-corrected chi connectivity index (χ3v) is 5.16. The zero-order valence-corrected chi connectivity index (χ0v) is 17.7. The smallest absolute Gasteiger partial charge is 0.342 e. The van der Waals surface area contributed by atoms with E-state index in [2.05, 4.69) is 36.1 Å². The lowest BCUT2D eigenvalue weighted by Gasteiger charge is -2.34. The molecule has 0 saturated carbocycles. The summed E-state index contributed by atoms with van der Waals surface area (Å²) < 4.78 is 15.7. The van der Waals surface area contributed by atoms with Crippen LogP contribution in [0.1, 0.15) is 21.5 Å². The quantitative estimate of drug-likeness (QED) is 0.651. The number of rotatable bonds is 7. The van der Waals surface area contributed by atoms with E-state index >= 15 is 0 Å². The van der Waals surface area contributed by atoms with Gasteiger partial charge in [-0.2, -0.15) is 0 Å². The van der Waals surface area contributed by atoms with Gasteiger partial charge in [-0.05, 0) is 24.6 Å². The third-order valence-electron chi connectivity index (χ3n) is 5.16. The number of hydrogen-bond donors (Lipinski definition) is 0. The Bertz CT molecular complexity index is 891. The van der Waals surface area contributed by atoms with Gasteiger partial charge in [-0.3, -0.25) is 9.69 Å². The van der Waals surface area contributed by atoms with Crippen LogP contribution in [0.2, 0.25) is 0 Å². The molecule has 0 radical (unpaired) electrons. The van der Waals surface area contributed by atoms with Crippen LogP contribution < -0.4 is 9.47 Å². The first kappa shape index (κ1) is 21.6. The monoisotopic (exact) mass is 412 g/mol. The molecule has 2 aromatic rings. The van der Waals surface area contributed by atoms with Crippen LogP contribution in [0.4, 0.5) is 0 Å². The van der Waals surface area contributed by atoms with Crippen LogP contribution in [-0.4, -0.2) is 68.7 Å². The van der Waals surface area contributed by atoms with Crippen molar-refractivity contribution in [1.29, 1.82) is 0 Å². The van der Waals surface area contributed by atoms with Gasteiger partial charge >= 0.3 is 5.97 Å². The van der Waals surface area contributed by atoms with Gasteiger partial charge in [0.2, 0.25) is 0 Å². The van der Waals surface area contributed by atoms with E-state index in [9.17, 15) is 9.59 Å². The van der Waals surface area contributed by atoms with Crippen LogP contribution in [0.25, 0.3) is 0 Å². The molecule has 1 heterocycles. The lowest BCUT2D eigenvalue weighted by Crippen LogP contribution is -2.49. The van der Waals surface area contributed by atoms with Gasteiger partial charge in [0.1, 0.15) is 5.56 Å². The van der Waals surface area contributed by atoms with Crippen molar-refractivity contribution in [2.24, 2.45) is 0 Å². The summed E-state index contributed by atoms with van der Waals surface area (Å²) in [6, 6.07) is 13.4. The second kappa shape index (κ2) is 10.1. The number of carbonyl (C=O) groups excluding carboxylic acids is 2. The number of esters is 1. The Kier molecular flexibility index (Phi) is 7.30. The van der Waals surface area contributed by atoms with E-state index in [1.165, 1.54) is 25.3 Å². The first-order valence-electron chi connectivity index (χ1n) is 9.95. The maximum atomic E-state index is 12.5. The van der Waals surface area contributed by atoms with Gasteiger partial charge in [-0.1, -0.05) is 35.9 Å². The molecular weight excluding hydrogens is 384 g/mol. The van der Waals surface area contributed by atoms with Crippen LogP contribution in [-0.2, 0) is 16.1 Å². The Morgan fingerprint density at radius 3 is 2.37 bits per heavy atom. The zero-order chi connectivity index (χ0) is 21.5. The van der Waals surface area contributed by atoms with Crippen LogP contribution in [0.5, 0.6) is 11.5 Å². The summed E-state index contributed by atoms with van der Waals surface area (Å²) in [6.45, 7) is 5.47. The number of aryl methyl sites for hydroxylation is 1. The lowest BCUT2D eigenvalue weighted by molar-refractivity contribution is -0.136. The maximum Gasteiger partial charge on any atom is 0.342 e. The summed E-state index contributed by atoms with van der Waals surface area (Å²) in [5.74, 6) is -0.0807. The van der Waals surface area contributed by atoms with Gasteiger partial charge in [0.15, 0.2) is 18.1 Å². The highest BCUT2D eigenvalue weighted by molar-refractivity contribution is 5.95. The van der Waals surface area contributed by atoms with E-state index in [4.69, 9.17) is 14.2 Å². The van der Waals surface area contributed by atoms with E-state index in [1.807, 2.05) is 0 Å². The predicted octanol–water partition coefficient (Wildman–Crippen LogP) is 2.51. The van der Waals surface area contributed by atoms with Crippen molar-refractivity contribution in [2.45, 2.75) is 13.5 Å². The van der Waals surface area contributed by atoms with Crippen molar-refractivity contribution in [1.82, 2.24) is 9.80 Å². The van der Waals surface area contributed by atoms with E-state index in [1.54, 1.807) is 23.1 Å².